The molecule has 1 aromatic carbocycles. The summed E-state index contributed by atoms with van der Waals surface area (Å²) in [5, 5.41) is 23.6. The third-order valence-electron chi connectivity index (χ3n) is 5.36. The summed E-state index contributed by atoms with van der Waals surface area (Å²) in [5.74, 6) is -3.54. The number of hydrogen-bond donors (Lipinski definition) is 1. The van der Waals surface area contributed by atoms with E-state index in [0.717, 1.165) is 42.2 Å². The fraction of sp³-hybridized carbons (Fsp3) is 0.286. The molecule has 0 bridgehead atoms. The van der Waals surface area contributed by atoms with Crippen LogP contribution in [-0.4, -0.2) is 46.7 Å². The minimum Gasteiger partial charge on any atom is -0.454 e. The van der Waals surface area contributed by atoms with Gasteiger partial charge in [-0.2, -0.15) is 5.26 Å². The lowest BCUT2D eigenvalue weighted by molar-refractivity contribution is -0.385. The first-order valence-corrected chi connectivity index (χ1v) is 10.8. The van der Waals surface area contributed by atoms with Crippen LogP contribution in [-0.2, 0) is 27.2 Å². The number of nitriles is 1. The van der Waals surface area contributed by atoms with E-state index in [1.54, 1.807) is 0 Å². The monoisotopic (exact) mass is 468 g/mol. The molecule has 2 heterocycles. The van der Waals surface area contributed by atoms with Crippen molar-refractivity contribution >= 4 is 45.7 Å². The van der Waals surface area contributed by atoms with Crippen LogP contribution in [0.25, 0.3) is 0 Å². The van der Waals surface area contributed by atoms with E-state index in [1.807, 2.05) is 0 Å². The van der Waals surface area contributed by atoms with Crippen LogP contribution in [0.5, 0.6) is 0 Å². The fourth-order valence-corrected chi connectivity index (χ4v) is 5.12. The molecular formula is C21H16N4O7S. The van der Waals surface area contributed by atoms with E-state index in [2.05, 4.69) is 11.4 Å². The van der Waals surface area contributed by atoms with Crippen LogP contribution in [0.15, 0.2) is 18.2 Å². The standard InChI is InChI=1S/C21H16N4O7S/c22-8-13-11-4-1-2-7-15(11)33-19(13)23-16(26)10-32-17(27)9-24-20(28)12-5-3-6-14(25(30)31)18(12)21(24)29/h3,5-6H,1-2,4,7,9-10H2,(H,23,26). The average Bonchev–Trinajstić information content (AvgIpc) is 3.27. The number of ether oxygens (including phenoxy) is 1. The molecule has 3 amide bonds. The molecule has 11 nitrogen and oxygen atoms in total. The summed E-state index contributed by atoms with van der Waals surface area (Å²) >= 11 is 1.32. The number of carbonyl (C=O) groups excluding carboxylic acids is 4. The summed E-state index contributed by atoms with van der Waals surface area (Å²) in [5.41, 5.74) is 0.268. The van der Waals surface area contributed by atoms with Crippen molar-refractivity contribution in [2.24, 2.45) is 0 Å². The lowest BCUT2D eigenvalue weighted by Crippen LogP contribution is -2.36. The maximum absolute atomic E-state index is 12.5. The molecule has 1 aromatic heterocycles. The maximum Gasteiger partial charge on any atom is 0.326 e. The van der Waals surface area contributed by atoms with Crippen molar-refractivity contribution in [3.05, 3.63) is 55.4 Å². The Labute approximate surface area is 190 Å². The van der Waals surface area contributed by atoms with Gasteiger partial charge in [-0.25, -0.2) is 0 Å². The van der Waals surface area contributed by atoms with Gasteiger partial charge in [-0.05, 0) is 37.3 Å². The largest absolute Gasteiger partial charge is 0.454 e. The van der Waals surface area contributed by atoms with E-state index >= 15 is 0 Å². The molecule has 0 unspecified atom stereocenters. The lowest BCUT2D eigenvalue weighted by Gasteiger charge is -2.12. The zero-order valence-corrected chi connectivity index (χ0v) is 17.9. The molecule has 2 aromatic rings. The first-order valence-electron chi connectivity index (χ1n) is 9.95. The molecule has 12 heteroatoms. The van der Waals surface area contributed by atoms with Crippen molar-refractivity contribution in [1.29, 1.82) is 5.26 Å². The van der Waals surface area contributed by atoms with Gasteiger partial charge in [0, 0.05) is 10.9 Å². The highest BCUT2D eigenvalue weighted by atomic mass is 32.1. The number of aryl methyl sites for hydroxylation is 1. The van der Waals surface area contributed by atoms with Gasteiger partial charge in [-0.1, -0.05) is 6.07 Å². The average molecular weight is 468 g/mol. The van der Waals surface area contributed by atoms with Crippen molar-refractivity contribution in [3.63, 3.8) is 0 Å². The summed E-state index contributed by atoms with van der Waals surface area (Å²) in [6, 6.07) is 5.73. The number of carbonyl (C=O) groups is 4. The van der Waals surface area contributed by atoms with Crippen molar-refractivity contribution < 1.29 is 28.8 Å². The Kier molecular flexibility index (Phi) is 5.89. The molecule has 1 N–H and O–H groups in total. The number of thiophene rings is 1. The molecule has 1 aliphatic carbocycles. The number of fused-ring (bicyclic) bond motifs is 2. The molecule has 0 saturated heterocycles. The molecule has 0 fully saturated rings. The van der Waals surface area contributed by atoms with E-state index in [0.29, 0.717) is 15.5 Å². The third-order valence-corrected chi connectivity index (χ3v) is 6.57. The number of nitro benzene ring substituents is 1. The highest BCUT2D eigenvalue weighted by Crippen LogP contribution is 2.37. The second kappa shape index (κ2) is 8.79. The van der Waals surface area contributed by atoms with Crippen molar-refractivity contribution in [3.8, 4) is 6.07 Å². The maximum atomic E-state index is 12.5. The first kappa shape index (κ1) is 22.1. The van der Waals surface area contributed by atoms with Crippen LogP contribution in [0.3, 0.4) is 0 Å². The van der Waals surface area contributed by atoms with E-state index < -0.39 is 47.5 Å². The van der Waals surface area contributed by atoms with Crippen LogP contribution < -0.4 is 5.32 Å². The van der Waals surface area contributed by atoms with Crippen LogP contribution in [0.2, 0.25) is 0 Å². The Morgan fingerprint density at radius 3 is 2.73 bits per heavy atom. The van der Waals surface area contributed by atoms with Gasteiger partial charge >= 0.3 is 5.97 Å². The Morgan fingerprint density at radius 2 is 2.00 bits per heavy atom. The molecular weight excluding hydrogens is 452 g/mol. The van der Waals surface area contributed by atoms with Crippen LogP contribution in [0.4, 0.5) is 10.7 Å². The number of nitrogens with one attached hydrogen (secondary N) is 1. The summed E-state index contributed by atoms with van der Waals surface area (Å²) in [6.45, 7) is -1.48. The van der Waals surface area contributed by atoms with E-state index in [9.17, 15) is 34.6 Å². The molecule has 1 aliphatic heterocycles. The number of rotatable bonds is 6. The number of benzene rings is 1. The van der Waals surface area contributed by atoms with Crippen molar-refractivity contribution in [2.45, 2.75) is 25.7 Å². The highest BCUT2D eigenvalue weighted by Gasteiger charge is 2.42. The second-order valence-electron chi connectivity index (χ2n) is 7.39. The molecule has 0 saturated carbocycles. The first-order chi connectivity index (χ1) is 15.8. The number of imide groups is 1. The van der Waals surface area contributed by atoms with Gasteiger partial charge in [-0.3, -0.25) is 34.2 Å². The Morgan fingerprint density at radius 1 is 1.24 bits per heavy atom. The SMILES string of the molecule is N#Cc1c(NC(=O)COC(=O)CN2C(=O)c3cccc([N+](=O)[O-])c3C2=O)sc2c1CCCC2. The minimum atomic E-state index is -1.03. The van der Waals surface area contributed by atoms with Crippen LogP contribution >= 0.6 is 11.3 Å². The Balaban J connectivity index is 1.37. The predicted molar refractivity (Wildman–Crippen MR) is 114 cm³/mol. The number of esters is 1. The van der Waals surface area contributed by atoms with Gasteiger partial charge in [0.25, 0.3) is 23.4 Å². The Bertz CT molecular complexity index is 1260. The topological polar surface area (TPSA) is 160 Å². The quantitative estimate of drug-likeness (QED) is 0.292. The minimum absolute atomic E-state index is 0.176. The molecule has 4 rings (SSSR count). The van der Waals surface area contributed by atoms with Gasteiger partial charge in [0.15, 0.2) is 6.61 Å². The summed E-state index contributed by atoms with van der Waals surface area (Å²) < 4.78 is 4.88. The molecule has 33 heavy (non-hydrogen) atoms. The number of amides is 3. The van der Waals surface area contributed by atoms with Gasteiger partial charge < -0.3 is 10.1 Å². The van der Waals surface area contributed by atoms with Gasteiger partial charge in [0.05, 0.1) is 16.1 Å². The van der Waals surface area contributed by atoms with Gasteiger partial charge in [0.1, 0.15) is 23.2 Å². The summed E-state index contributed by atoms with van der Waals surface area (Å²) in [4.78, 5) is 61.3. The second-order valence-corrected chi connectivity index (χ2v) is 8.49. The van der Waals surface area contributed by atoms with Crippen LogP contribution in [0.1, 0.15) is 49.6 Å². The zero-order chi connectivity index (χ0) is 23.7. The molecule has 168 valence electrons. The molecule has 2 aliphatic rings. The number of hydrogen-bond acceptors (Lipinski definition) is 9. The predicted octanol–water partition coefficient (Wildman–Crippen LogP) is 2.18. The number of nitro groups is 1. The molecule has 0 radical (unpaired) electrons. The number of nitrogens with zero attached hydrogens (tertiary/aromatic N) is 3. The van der Waals surface area contributed by atoms with Crippen molar-refractivity contribution in [2.75, 3.05) is 18.5 Å². The Hall–Kier alpha value is -4.11. The van der Waals surface area contributed by atoms with Crippen molar-refractivity contribution in [1.82, 2.24) is 4.90 Å². The third kappa shape index (κ3) is 4.06. The van der Waals surface area contributed by atoms with Gasteiger partial charge in [-0.15, -0.1) is 11.3 Å². The van der Waals surface area contributed by atoms with E-state index in [1.165, 1.54) is 23.5 Å². The fourth-order valence-electron chi connectivity index (χ4n) is 3.87. The number of anilines is 1. The van der Waals surface area contributed by atoms with E-state index in [-0.39, 0.29) is 11.1 Å². The smallest absolute Gasteiger partial charge is 0.326 e. The van der Waals surface area contributed by atoms with Gasteiger partial charge in [0.2, 0.25) is 0 Å². The summed E-state index contributed by atoms with van der Waals surface area (Å²) in [7, 11) is 0. The van der Waals surface area contributed by atoms with E-state index in [4.69, 9.17) is 4.74 Å². The van der Waals surface area contributed by atoms with Crippen LogP contribution in [0, 0.1) is 21.4 Å². The zero-order valence-electron chi connectivity index (χ0n) is 17.1. The lowest BCUT2D eigenvalue weighted by atomic mass is 9.96. The highest BCUT2D eigenvalue weighted by molar-refractivity contribution is 7.16. The molecule has 0 atom stereocenters. The summed E-state index contributed by atoms with van der Waals surface area (Å²) in [6.07, 6.45) is 3.62. The normalized spacial score (nSPS) is 14.3. The molecule has 0 spiro atoms.